The highest BCUT2D eigenvalue weighted by Crippen LogP contribution is 2.18. The maximum atomic E-state index is 5.44. The topological polar surface area (TPSA) is 98.3 Å². The van der Waals surface area contributed by atoms with Crippen molar-refractivity contribution in [3.05, 3.63) is 5.82 Å². The highest BCUT2D eigenvalue weighted by Gasteiger charge is 2.16. The van der Waals surface area contributed by atoms with Gasteiger partial charge in [0, 0.05) is 6.04 Å². The molecule has 80 valence electrons. The number of hydrogen-bond donors (Lipinski definition) is 2. The van der Waals surface area contributed by atoms with Crippen LogP contribution < -0.4 is 5.73 Å². The van der Waals surface area contributed by atoms with E-state index >= 15 is 0 Å². The second-order valence-electron chi connectivity index (χ2n) is 3.58. The molecule has 0 bridgehead atoms. The number of anilines is 1. The molecule has 0 aromatic carbocycles. The molecule has 7 nitrogen and oxygen atoms in total. The highest BCUT2D eigenvalue weighted by molar-refractivity contribution is 5.45. The maximum absolute atomic E-state index is 5.44. The number of aryl methyl sites for hydroxylation is 1. The van der Waals surface area contributed by atoms with Crippen molar-refractivity contribution >= 4 is 5.95 Å². The molecule has 2 heterocycles. The summed E-state index contributed by atoms with van der Waals surface area (Å²) in [4.78, 5) is 4.03. The van der Waals surface area contributed by atoms with Crippen molar-refractivity contribution in [1.82, 2.24) is 29.9 Å². The van der Waals surface area contributed by atoms with Gasteiger partial charge in [0.15, 0.2) is 5.82 Å². The Morgan fingerprint density at radius 2 is 2.07 bits per heavy atom. The molecule has 0 saturated heterocycles. The number of nitrogen functional groups attached to an aromatic ring is 1. The summed E-state index contributed by atoms with van der Waals surface area (Å²) in [5, 5.41) is 14.5. The molecule has 2 aromatic heterocycles. The summed E-state index contributed by atoms with van der Waals surface area (Å²) in [5.41, 5.74) is 5.44. The number of aromatic amines is 1. The van der Waals surface area contributed by atoms with Gasteiger partial charge in [-0.25, -0.2) is 0 Å². The van der Waals surface area contributed by atoms with Crippen molar-refractivity contribution in [2.75, 3.05) is 5.73 Å². The van der Waals surface area contributed by atoms with Crippen LogP contribution in [0.2, 0.25) is 0 Å². The zero-order valence-electron chi connectivity index (χ0n) is 8.89. The lowest BCUT2D eigenvalue weighted by Crippen LogP contribution is -2.06. The molecule has 0 saturated carbocycles. The van der Waals surface area contributed by atoms with Crippen LogP contribution in [0.5, 0.6) is 0 Å². The van der Waals surface area contributed by atoms with Crippen LogP contribution in [0, 0.1) is 6.92 Å². The summed E-state index contributed by atoms with van der Waals surface area (Å²) in [6.07, 6.45) is 0. The Balaban J connectivity index is 2.53. The van der Waals surface area contributed by atoms with E-state index in [4.69, 9.17) is 5.73 Å². The molecule has 0 spiro atoms. The van der Waals surface area contributed by atoms with Crippen molar-refractivity contribution in [1.29, 1.82) is 0 Å². The predicted molar refractivity (Wildman–Crippen MR) is 54.9 cm³/mol. The first-order valence-electron chi connectivity index (χ1n) is 4.69. The van der Waals surface area contributed by atoms with Gasteiger partial charge < -0.3 is 10.3 Å². The van der Waals surface area contributed by atoms with E-state index in [1.165, 1.54) is 0 Å². The van der Waals surface area contributed by atoms with Crippen LogP contribution in [0.3, 0.4) is 0 Å². The van der Waals surface area contributed by atoms with E-state index < -0.39 is 0 Å². The third-order valence-corrected chi connectivity index (χ3v) is 2.10. The molecular formula is C8H13N7. The monoisotopic (exact) mass is 207 g/mol. The molecule has 0 aliphatic carbocycles. The lowest BCUT2D eigenvalue weighted by molar-refractivity contribution is 0.585. The molecule has 2 rings (SSSR count). The van der Waals surface area contributed by atoms with Gasteiger partial charge in [-0.2, -0.15) is 4.98 Å². The van der Waals surface area contributed by atoms with E-state index in [0.29, 0.717) is 11.6 Å². The van der Waals surface area contributed by atoms with E-state index in [0.717, 1.165) is 5.82 Å². The van der Waals surface area contributed by atoms with Crippen molar-refractivity contribution in [3.63, 3.8) is 0 Å². The Labute approximate surface area is 86.7 Å². The fraction of sp³-hybridized carbons (Fsp3) is 0.500. The van der Waals surface area contributed by atoms with Gasteiger partial charge in [-0.3, -0.25) is 5.10 Å². The average Bonchev–Trinajstić information content (AvgIpc) is 2.71. The Bertz CT molecular complexity index is 467. The number of nitrogens with zero attached hydrogens (tertiary/aromatic N) is 5. The molecule has 7 heteroatoms. The van der Waals surface area contributed by atoms with E-state index in [1.54, 1.807) is 0 Å². The molecule has 0 unspecified atom stereocenters. The molecule has 0 radical (unpaired) electrons. The summed E-state index contributed by atoms with van der Waals surface area (Å²) in [7, 11) is 0. The number of H-pyrrole nitrogens is 1. The zero-order valence-corrected chi connectivity index (χ0v) is 8.89. The standard InChI is InChI=1S/C8H13N7/c1-4(2)15-5(3)11-13-7(15)6-10-8(9)14-12-6/h4H,1-3H3,(H3,9,10,12,14). The van der Waals surface area contributed by atoms with Gasteiger partial charge in [-0.15, -0.1) is 15.3 Å². The lowest BCUT2D eigenvalue weighted by atomic mass is 10.3. The summed E-state index contributed by atoms with van der Waals surface area (Å²) < 4.78 is 1.97. The number of hydrogen-bond acceptors (Lipinski definition) is 5. The van der Waals surface area contributed by atoms with E-state index in [1.807, 2.05) is 11.5 Å². The fourth-order valence-corrected chi connectivity index (χ4v) is 1.52. The lowest BCUT2D eigenvalue weighted by Gasteiger charge is -2.10. The molecule has 0 aliphatic rings. The Morgan fingerprint density at radius 3 is 2.60 bits per heavy atom. The molecule has 15 heavy (non-hydrogen) atoms. The SMILES string of the molecule is Cc1nnc(-c2nc(N)n[nH]2)n1C(C)C. The molecule has 0 amide bonds. The summed E-state index contributed by atoms with van der Waals surface area (Å²) in [5.74, 6) is 2.25. The average molecular weight is 207 g/mol. The minimum Gasteiger partial charge on any atom is -0.366 e. The third kappa shape index (κ3) is 1.56. The van der Waals surface area contributed by atoms with Gasteiger partial charge in [0.25, 0.3) is 0 Å². The van der Waals surface area contributed by atoms with Crippen LogP contribution in [-0.2, 0) is 0 Å². The van der Waals surface area contributed by atoms with Crippen molar-refractivity contribution in [2.24, 2.45) is 0 Å². The summed E-state index contributed by atoms with van der Waals surface area (Å²) >= 11 is 0. The summed E-state index contributed by atoms with van der Waals surface area (Å²) in [6.45, 7) is 6.01. The van der Waals surface area contributed by atoms with E-state index in [9.17, 15) is 0 Å². The second-order valence-corrected chi connectivity index (χ2v) is 3.58. The summed E-state index contributed by atoms with van der Waals surface area (Å²) in [6, 6.07) is 0.265. The fourth-order valence-electron chi connectivity index (χ4n) is 1.52. The molecule has 2 aromatic rings. The van der Waals surface area contributed by atoms with Crippen molar-refractivity contribution in [2.45, 2.75) is 26.8 Å². The van der Waals surface area contributed by atoms with Crippen LogP contribution in [0.1, 0.15) is 25.7 Å². The second kappa shape index (κ2) is 3.34. The van der Waals surface area contributed by atoms with Crippen LogP contribution in [0.15, 0.2) is 0 Å². The first kappa shape index (κ1) is 9.63. The molecular weight excluding hydrogens is 194 g/mol. The Morgan fingerprint density at radius 1 is 1.33 bits per heavy atom. The van der Waals surface area contributed by atoms with Gasteiger partial charge >= 0.3 is 0 Å². The first-order valence-corrected chi connectivity index (χ1v) is 4.69. The van der Waals surface area contributed by atoms with Crippen LogP contribution in [-0.4, -0.2) is 29.9 Å². The first-order chi connectivity index (χ1) is 7.09. The number of aromatic nitrogens is 6. The van der Waals surface area contributed by atoms with Crippen LogP contribution in [0.4, 0.5) is 5.95 Å². The van der Waals surface area contributed by atoms with Gasteiger partial charge in [-0.05, 0) is 20.8 Å². The quantitative estimate of drug-likeness (QED) is 0.748. The number of rotatable bonds is 2. The number of nitrogens with two attached hydrogens (primary N) is 1. The Hall–Kier alpha value is -1.92. The highest BCUT2D eigenvalue weighted by atomic mass is 15.3. The van der Waals surface area contributed by atoms with Gasteiger partial charge in [0.05, 0.1) is 0 Å². The van der Waals surface area contributed by atoms with Crippen LogP contribution in [0.25, 0.3) is 11.6 Å². The van der Waals surface area contributed by atoms with Gasteiger partial charge in [0.2, 0.25) is 11.8 Å². The van der Waals surface area contributed by atoms with E-state index in [2.05, 4.69) is 39.2 Å². The minimum atomic E-state index is 0.209. The molecule has 3 N–H and O–H groups in total. The van der Waals surface area contributed by atoms with Crippen molar-refractivity contribution in [3.8, 4) is 11.6 Å². The smallest absolute Gasteiger partial charge is 0.239 e. The molecule has 0 atom stereocenters. The molecule has 0 aliphatic heterocycles. The normalized spacial score (nSPS) is 11.2. The van der Waals surface area contributed by atoms with E-state index in [-0.39, 0.29) is 12.0 Å². The van der Waals surface area contributed by atoms with Crippen molar-refractivity contribution < 1.29 is 0 Å². The maximum Gasteiger partial charge on any atom is 0.239 e. The molecule has 0 fully saturated rings. The Kier molecular flexibility index (Phi) is 2.14. The number of nitrogens with one attached hydrogen (secondary N) is 1. The predicted octanol–water partition coefficient (Wildman–Crippen LogP) is 0.535. The zero-order chi connectivity index (χ0) is 11.0. The third-order valence-electron chi connectivity index (χ3n) is 2.10. The minimum absolute atomic E-state index is 0.209. The van der Waals surface area contributed by atoms with Crippen LogP contribution >= 0.6 is 0 Å². The van der Waals surface area contributed by atoms with Gasteiger partial charge in [-0.1, -0.05) is 0 Å². The van der Waals surface area contributed by atoms with Gasteiger partial charge in [0.1, 0.15) is 5.82 Å². The largest absolute Gasteiger partial charge is 0.366 e.